The van der Waals surface area contributed by atoms with Crippen molar-refractivity contribution < 1.29 is 28.6 Å². The Kier molecular flexibility index (Phi) is 7.10. The van der Waals surface area contributed by atoms with Gasteiger partial charge in [-0.05, 0) is 54.7 Å². The number of hydrogen-bond acceptors (Lipinski definition) is 3. The Morgan fingerprint density at radius 2 is 1.75 bits per heavy atom. The molecular formula is C35H32IrN2OSi-2. The van der Waals surface area contributed by atoms with Gasteiger partial charge in [0.05, 0.1) is 5.58 Å². The van der Waals surface area contributed by atoms with Crippen molar-refractivity contribution in [1.82, 2.24) is 9.97 Å². The number of para-hydroxylation sites is 1. The largest absolute Gasteiger partial charge is 0.501 e. The molecule has 0 unspecified atom stereocenters. The molecule has 1 saturated carbocycles. The number of fused-ring (bicyclic) bond motifs is 3. The number of aromatic nitrogens is 2. The molecular weight excluding hydrogens is 685 g/mol. The number of rotatable bonds is 4. The minimum atomic E-state index is -2.09. The summed E-state index contributed by atoms with van der Waals surface area (Å²) in [7, 11) is -1.53. The van der Waals surface area contributed by atoms with Crippen LogP contribution in [0.4, 0.5) is 0 Å². The minimum absolute atomic E-state index is 0. The Morgan fingerprint density at radius 3 is 2.45 bits per heavy atom. The van der Waals surface area contributed by atoms with Crippen molar-refractivity contribution in [3.63, 3.8) is 0 Å². The summed E-state index contributed by atoms with van der Waals surface area (Å²) >= 11 is 0. The predicted octanol–water partition coefficient (Wildman–Crippen LogP) is 8.73. The average Bonchev–Trinajstić information content (AvgIpc) is 3.77. The van der Waals surface area contributed by atoms with Crippen LogP contribution in [0.5, 0.6) is 0 Å². The van der Waals surface area contributed by atoms with Crippen molar-refractivity contribution in [3.8, 4) is 22.5 Å². The molecule has 1 radical (unpaired) electrons. The first-order valence-corrected chi connectivity index (χ1v) is 16.9. The van der Waals surface area contributed by atoms with E-state index in [0.29, 0.717) is 5.92 Å². The molecule has 0 aliphatic heterocycles. The van der Waals surface area contributed by atoms with Crippen molar-refractivity contribution >= 4 is 35.2 Å². The topological polar surface area (TPSA) is 38.9 Å². The van der Waals surface area contributed by atoms with Gasteiger partial charge in [0, 0.05) is 50.1 Å². The second-order valence-corrected chi connectivity index (χ2v) is 16.1. The van der Waals surface area contributed by atoms with Gasteiger partial charge in [-0.25, -0.2) is 0 Å². The van der Waals surface area contributed by atoms with Crippen LogP contribution in [-0.4, -0.2) is 18.0 Å². The smallest absolute Gasteiger partial charge is 0.120 e. The molecule has 203 valence electrons. The third-order valence-corrected chi connectivity index (χ3v) is 9.11. The van der Waals surface area contributed by atoms with Crippen LogP contribution in [0.15, 0.2) is 95.7 Å². The molecule has 0 N–H and O–H groups in total. The summed E-state index contributed by atoms with van der Waals surface area (Å²) in [6.45, 7) is 5.04. The van der Waals surface area contributed by atoms with Gasteiger partial charge >= 0.3 is 0 Å². The molecule has 3 nitrogen and oxygen atoms in total. The number of benzene rings is 3. The van der Waals surface area contributed by atoms with Crippen LogP contribution in [-0.2, 0) is 20.1 Å². The molecule has 7 rings (SSSR count). The van der Waals surface area contributed by atoms with E-state index in [2.05, 4.69) is 78.1 Å². The molecule has 1 fully saturated rings. The molecule has 3 heterocycles. The Labute approximate surface area is 255 Å². The van der Waals surface area contributed by atoms with Crippen LogP contribution in [0.2, 0.25) is 19.6 Å². The monoisotopic (exact) mass is 720 g/mol. The van der Waals surface area contributed by atoms with E-state index in [9.17, 15) is 0 Å². The van der Waals surface area contributed by atoms with Gasteiger partial charge in [0.25, 0.3) is 0 Å². The Balaban J connectivity index is 0.000000188. The van der Waals surface area contributed by atoms with E-state index in [1.54, 1.807) is 18.2 Å². The summed E-state index contributed by atoms with van der Waals surface area (Å²) in [5.41, 5.74) is 7.08. The maximum atomic E-state index is 7.23. The van der Waals surface area contributed by atoms with Gasteiger partial charge in [-0.15, -0.1) is 53.2 Å². The first-order chi connectivity index (χ1) is 20.1. The van der Waals surface area contributed by atoms with E-state index in [1.807, 2.05) is 30.5 Å². The van der Waals surface area contributed by atoms with Crippen molar-refractivity contribution in [2.24, 2.45) is 0 Å². The zero-order chi connectivity index (χ0) is 29.5. The van der Waals surface area contributed by atoms with Gasteiger partial charge in [0.1, 0.15) is 5.58 Å². The van der Waals surface area contributed by atoms with E-state index < -0.39 is 14.9 Å². The molecule has 0 bridgehead atoms. The minimum Gasteiger partial charge on any atom is -0.501 e. The zero-order valence-corrected chi connectivity index (χ0v) is 26.2. The fourth-order valence-corrected chi connectivity index (χ4v) is 6.42. The van der Waals surface area contributed by atoms with E-state index in [-0.39, 0.29) is 25.7 Å². The van der Waals surface area contributed by atoms with Crippen molar-refractivity contribution in [1.29, 1.82) is 0 Å². The SMILES string of the molecule is C[Si](C)(C)c1c[c-]c(-c2cc(C3CC3)ccn2)c2oc3ccccc3c12.[2H]C([2H])([2H])c1ccc(-c2[c-]cccc2)nc1.[Ir]. The Morgan fingerprint density at radius 1 is 0.925 bits per heavy atom. The number of pyridine rings is 2. The van der Waals surface area contributed by atoms with E-state index in [1.165, 1.54) is 40.6 Å². The molecule has 0 atom stereocenters. The predicted molar refractivity (Wildman–Crippen MR) is 164 cm³/mol. The number of aryl methyl sites for hydroxylation is 1. The van der Waals surface area contributed by atoms with Gasteiger partial charge in [-0.3, -0.25) is 0 Å². The van der Waals surface area contributed by atoms with Gasteiger partial charge < -0.3 is 14.4 Å². The van der Waals surface area contributed by atoms with Crippen LogP contribution in [0.1, 0.15) is 34.0 Å². The molecule has 6 aromatic rings. The molecule has 0 saturated heterocycles. The summed E-state index contributed by atoms with van der Waals surface area (Å²) in [6.07, 6.45) is 5.91. The van der Waals surface area contributed by atoms with E-state index >= 15 is 0 Å². The fraction of sp³-hybridized carbons (Fsp3) is 0.200. The van der Waals surface area contributed by atoms with Crippen molar-refractivity contribution in [2.45, 2.75) is 45.3 Å². The van der Waals surface area contributed by atoms with Gasteiger partial charge in [-0.2, -0.15) is 0 Å². The molecule has 1 aliphatic carbocycles. The molecule has 5 heteroatoms. The number of furan rings is 1. The first-order valence-electron chi connectivity index (χ1n) is 14.9. The molecule has 3 aromatic heterocycles. The van der Waals surface area contributed by atoms with Crippen molar-refractivity contribution in [3.05, 3.63) is 115 Å². The first kappa shape index (κ1) is 24.4. The fourth-order valence-electron chi connectivity index (χ4n) is 4.91. The summed E-state index contributed by atoms with van der Waals surface area (Å²) in [4.78, 5) is 8.78. The third-order valence-electron chi connectivity index (χ3n) is 7.10. The summed E-state index contributed by atoms with van der Waals surface area (Å²) in [5.74, 6) is 0.712. The summed E-state index contributed by atoms with van der Waals surface area (Å²) in [5, 5.41) is 3.86. The standard InChI is InChI=1S/C23H22NOSi.C12H10N.Ir/c1-26(2,3)21-11-10-17(19-14-16(12-13-24-19)15-8-9-15)23-22(21)18-6-4-5-7-20(18)25-23;1-10-7-8-12(13-9-10)11-5-3-2-4-6-11;/h4-7,11-15H,8-9H2,1-3H3;2-5,7-9H,1H3;/q2*-1;/i;1D3;. The number of hydrogen-bond donors (Lipinski definition) is 0. The van der Waals surface area contributed by atoms with Crippen LogP contribution >= 0.6 is 0 Å². The molecule has 1 aliphatic rings. The van der Waals surface area contributed by atoms with E-state index in [4.69, 9.17) is 8.53 Å². The molecule has 3 aromatic carbocycles. The average molecular weight is 720 g/mol. The van der Waals surface area contributed by atoms with Gasteiger partial charge in [-0.1, -0.05) is 72.6 Å². The normalized spacial score (nSPS) is 14.4. The number of nitrogens with zero attached hydrogens (tertiary/aromatic N) is 2. The van der Waals surface area contributed by atoms with Crippen LogP contribution in [0, 0.1) is 19.0 Å². The zero-order valence-electron chi connectivity index (χ0n) is 25.8. The van der Waals surface area contributed by atoms with Crippen LogP contribution < -0.4 is 5.19 Å². The van der Waals surface area contributed by atoms with Crippen LogP contribution in [0.3, 0.4) is 0 Å². The van der Waals surface area contributed by atoms with Crippen LogP contribution in [0.25, 0.3) is 44.5 Å². The Bertz CT molecular complexity index is 1860. The second kappa shape index (κ2) is 11.6. The summed E-state index contributed by atoms with van der Waals surface area (Å²) in [6, 6.07) is 32.2. The second-order valence-electron chi connectivity index (χ2n) is 11.1. The molecule has 0 amide bonds. The maximum absolute atomic E-state index is 7.23. The maximum Gasteiger partial charge on any atom is 0.120 e. The summed E-state index contributed by atoms with van der Waals surface area (Å²) < 4.78 is 28.0. The van der Waals surface area contributed by atoms with E-state index in [0.717, 1.165) is 33.7 Å². The van der Waals surface area contributed by atoms with Gasteiger partial charge in [0.2, 0.25) is 0 Å². The Hall–Kier alpha value is -3.37. The van der Waals surface area contributed by atoms with Gasteiger partial charge in [0.15, 0.2) is 0 Å². The quantitative estimate of drug-likeness (QED) is 0.135. The van der Waals surface area contributed by atoms with Crippen molar-refractivity contribution in [2.75, 3.05) is 0 Å². The molecule has 40 heavy (non-hydrogen) atoms. The molecule has 0 spiro atoms. The third kappa shape index (κ3) is 5.88.